The summed E-state index contributed by atoms with van der Waals surface area (Å²) >= 11 is 0. The molecule has 0 radical (unpaired) electrons. The lowest BCUT2D eigenvalue weighted by atomic mass is 9.49. The molecule has 4 aliphatic rings. The Hall–Kier alpha value is -0.960. The average Bonchev–Trinajstić information content (AvgIpc) is 2.38. The Balaban J connectivity index is 1.64. The van der Waals surface area contributed by atoms with Crippen LogP contribution >= 0.6 is 0 Å². The maximum atomic E-state index is 5.58. The normalized spacial score (nSPS) is 39.7. The van der Waals surface area contributed by atoms with Gasteiger partial charge in [-0.2, -0.15) is 10.2 Å². The van der Waals surface area contributed by atoms with Crippen molar-refractivity contribution in [2.75, 3.05) is 6.54 Å². The van der Waals surface area contributed by atoms with Gasteiger partial charge in [0.15, 0.2) is 0 Å². The largest absolute Gasteiger partial charge is 0.330 e. The number of rotatable bonds is 3. The number of nitrogens with two attached hydrogens (primary N) is 1. The average molecular weight is 257 g/mol. The van der Waals surface area contributed by atoms with Crippen LogP contribution in [0.15, 0.2) is 12.1 Å². The fourth-order valence-corrected chi connectivity index (χ4v) is 5.35. The molecular weight excluding hydrogens is 234 g/mol. The van der Waals surface area contributed by atoms with Gasteiger partial charge in [0.2, 0.25) is 0 Å². The Morgan fingerprint density at radius 3 is 2.11 bits per heavy atom. The van der Waals surface area contributed by atoms with Crippen LogP contribution in [-0.4, -0.2) is 16.7 Å². The van der Waals surface area contributed by atoms with Crippen LogP contribution in [0.3, 0.4) is 0 Å². The van der Waals surface area contributed by atoms with E-state index in [0.29, 0.717) is 12.0 Å². The summed E-state index contributed by atoms with van der Waals surface area (Å²) in [5, 5.41) is 8.98. The van der Waals surface area contributed by atoms with Gasteiger partial charge < -0.3 is 5.73 Å². The van der Waals surface area contributed by atoms with Gasteiger partial charge in [0.05, 0.1) is 11.4 Å². The molecule has 102 valence electrons. The molecule has 0 spiro atoms. The molecule has 0 saturated heterocycles. The standard InChI is InChI=1S/C16H23N3/c17-4-3-14-1-2-15(19-18-14)16-8-11-5-12(9-16)7-13(6-11)10-16/h1-2,11-13H,3-10,17H2. The van der Waals surface area contributed by atoms with E-state index in [1.165, 1.54) is 44.2 Å². The zero-order chi connectivity index (χ0) is 12.9. The molecule has 1 aromatic rings. The molecule has 3 heteroatoms. The van der Waals surface area contributed by atoms with Crippen molar-refractivity contribution in [1.82, 2.24) is 10.2 Å². The van der Waals surface area contributed by atoms with Crippen LogP contribution in [0.2, 0.25) is 0 Å². The van der Waals surface area contributed by atoms with E-state index in [-0.39, 0.29) is 0 Å². The lowest BCUT2D eigenvalue weighted by Crippen LogP contribution is -2.49. The van der Waals surface area contributed by atoms with Gasteiger partial charge in [-0.3, -0.25) is 0 Å². The third kappa shape index (κ3) is 1.90. The molecule has 0 aliphatic heterocycles. The van der Waals surface area contributed by atoms with E-state index in [2.05, 4.69) is 22.3 Å². The van der Waals surface area contributed by atoms with E-state index >= 15 is 0 Å². The molecule has 0 aromatic carbocycles. The molecule has 0 unspecified atom stereocenters. The molecule has 5 rings (SSSR count). The van der Waals surface area contributed by atoms with Gasteiger partial charge in [0, 0.05) is 11.8 Å². The van der Waals surface area contributed by atoms with Crippen molar-refractivity contribution in [2.45, 2.75) is 50.4 Å². The van der Waals surface area contributed by atoms with Crippen LogP contribution in [0.5, 0.6) is 0 Å². The highest BCUT2D eigenvalue weighted by molar-refractivity contribution is 5.23. The summed E-state index contributed by atoms with van der Waals surface area (Å²) < 4.78 is 0. The highest BCUT2D eigenvalue weighted by Crippen LogP contribution is 2.60. The van der Waals surface area contributed by atoms with Gasteiger partial charge in [-0.15, -0.1) is 0 Å². The molecule has 19 heavy (non-hydrogen) atoms. The van der Waals surface area contributed by atoms with Crippen molar-refractivity contribution in [3.05, 3.63) is 23.5 Å². The first-order valence-corrected chi connectivity index (χ1v) is 7.80. The summed E-state index contributed by atoms with van der Waals surface area (Å²) in [6.45, 7) is 0.658. The molecule has 0 amide bonds. The van der Waals surface area contributed by atoms with Crippen LogP contribution in [0.4, 0.5) is 0 Å². The highest BCUT2D eigenvalue weighted by atomic mass is 15.1. The minimum atomic E-state index is 0.378. The zero-order valence-corrected chi connectivity index (χ0v) is 11.5. The first kappa shape index (κ1) is 11.8. The van der Waals surface area contributed by atoms with E-state index in [4.69, 9.17) is 5.73 Å². The maximum absolute atomic E-state index is 5.58. The Labute approximate surface area is 115 Å². The van der Waals surface area contributed by atoms with E-state index in [1.54, 1.807) is 0 Å². The summed E-state index contributed by atoms with van der Waals surface area (Å²) in [6.07, 6.45) is 9.39. The van der Waals surface area contributed by atoms with Crippen molar-refractivity contribution in [3.8, 4) is 0 Å². The number of hydrogen-bond acceptors (Lipinski definition) is 3. The lowest BCUT2D eigenvalue weighted by molar-refractivity contribution is -0.00762. The maximum Gasteiger partial charge on any atom is 0.0693 e. The molecule has 1 aromatic heterocycles. The topological polar surface area (TPSA) is 51.8 Å². The van der Waals surface area contributed by atoms with E-state index in [9.17, 15) is 0 Å². The van der Waals surface area contributed by atoms with Crippen molar-refractivity contribution in [3.63, 3.8) is 0 Å². The van der Waals surface area contributed by atoms with Crippen LogP contribution in [-0.2, 0) is 11.8 Å². The van der Waals surface area contributed by atoms with Gasteiger partial charge in [-0.05, 0) is 75.0 Å². The van der Waals surface area contributed by atoms with Crippen molar-refractivity contribution < 1.29 is 0 Å². The van der Waals surface area contributed by atoms with Crippen molar-refractivity contribution >= 4 is 0 Å². The Kier molecular flexibility index (Phi) is 2.66. The van der Waals surface area contributed by atoms with Gasteiger partial charge >= 0.3 is 0 Å². The number of aromatic nitrogens is 2. The monoisotopic (exact) mass is 257 g/mol. The Bertz CT molecular complexity index is 430. The van der Waals surface area contributed by atoms with Gasteiger partial charge in [0.1, 0.15) is 0 Å². The van der Waals surface area contributed by atoms with Gasteiger partial charge in [0.25, 0.3) is 0 Å². The second-order valence-electron chi connectivity index (χ2n) is 7.15. The summed E-state index contributed by atoms with van der Waals surface area (Å²) in [6, 6.07) is 4.39. The smallest absolute Gasteiger partial charge is 0.0693 e. The summed E-state index contributed by atoms with van der Waals surface area (Å²) in [5.74, 6) is 2.91. The van der Waals surface area contributed by atoms with Crippen LogP contribution in [0.25, 0.3) is 0 Å². The summed E-state index contributed by atoms with van der Waals surface area (Å²) in [7, 11) is 0. The second kappa shape index (κ2) is 4.27. The molecule has 3 nitrogen and oxygen atoms in total. The predicted molar refractivity (Wildman–Crippen MR) is 74.6 cm³/mol. The SMILES string of the molecule is NCCc1ccc(C23CC4CC(CC(C4)C2)C3)nn1. The predicted octanol–water partition coefficient (Wildman–Crippen LogP) is 2.45. The van der Waals surface area contributed by atoms with Gasteiger partial charge in [-0.1, -0.05) is 0 Å². The molecule has 4 fully saturated rings. The van der Waals surface area contributed by atoms with Crippen LogP contribution in [0.1, 0.15) is 49.9 Å². The van der Waals surface area contributed by atoms with Crippen LogP contribution < -0.4 is 5.73 Å². The summed E-state index contributed by atoms with van der Waals surface area (Å²) in [4.78, 5) is 0. The molecule has 2 N–H and O–H groups in total. The number of nitrogens with zero attached hydrogens (tertiary/aromatic N) is 2. The molecule has 4 bridgehead atoms. The minimum Gasteiger partial charge on any atom is -0.330 e. The molecule has 4 saturated carbocycles. The molecular formula is C16H23N3. The minimum absolute atomic E-state index is 0.378. The lowest BCUT2D eigenvalue weighted by Gasteiger charge is -2.56. The highest BCUT2D eigenvalue weighted by Gasteiger charge is 2.52. The fourth-order valence-electron chi connectivity index (χ4n) is 5.35. The third-order valence-corrected chi connectivity index (χ3v) is 5.70. The molecule has 0 atom stereocenters. The van der Waals surface area contributed by atoms with E-state index in [0.717, 1.165) is 29.9 Å². The third-order valence-electron chi connectivity index (χ3n) is 5.70. The second-order valence-corrected chi connectivity index (χ2v) is 7.15. The molecule has 4 aliphatic carbocycles. The molecule has 1 heterocycles. The van der Waals surface area contributed by atoms with E-state index in [1.807, 2.05) is 0 Å². The van der Waals surface area contributed by atoms with E-state index < -0.39 is 0 Å². The van der Waals surface area contributed by atoms with Crippen LogP contribution in [0, 0.1) is 17.8 Å². The Morgan fingerprint density at radius 1 is 1.00 bits per heavy atom. The summed E-state index contributed by atoms with van der Waals surface area (Å²) in [5.41, 5.74) is 8.26. The van der Waals surface area contributed by atoms with Gasteiger partial charge in [-0.25, -0.2) is 0 Å². The van der Waals surface area contributed by atoms with Crippen molar-refractivity contribution in [2.24, 2.45) is 23.5 Å². The zero-order valence-electron chi connectivity index (χ0n) is 11.5. The number of hydrogen-bond donors (Lipinski definition) is 1. The first-order valence-electron chi connectivity index (χ1n) is 7.80. The fraction of sp³-hybridized carbons (Fsp3) is 0.750. The Morgan fingerprint density at radius 2 is 1.63 bits per heavy atom. The van der Waals surface area contributed by atoms with Crippen molar-refractivity contribution in [1.29, 1.82) is 0 Å². The first-order chi connectivity index (χ1) is 9.27. The quantitative estimate of drug-likeness (QED) is 0.905.